The molecule has 1 aliphatic heterocycles. The molecule has 0 N–H and O–H groups in total. The Labute approximate surface area is 108 Å². The van der Waals surface area contributed by atoms with Crippen LogP contribution in [-0.2, 0) is 14.3 Å². The molecule has 0 aromatic heterocycles. The van der Waals surface area contributed by atoms with E-state index in [4.69, 9.17) is 4.74 Å². The molecule has 5 atom stereocenters. The van der Waals surface area contributed by atoms with Crippen molar-refractivity contribution in [3.8, 4) is 0 Å². The van der Waals surface area contributed by atoms with Crippen LogP contribution in [0.1, 0.15) is 39.5 Å². The first-order valence-electron chi connectivity index (χ1n) is 6.82. The Bertz CT molecular complexity index is 439. The summed E-state index contributed by atoms with van der Waals surface area (Å²) in [6.07, 6.45) is 3.71. The lowest BCUT2D eigenvalue weighted by Gasteiger charge is -2.27. The van der Waals surface area contributed by atoms with Gasteiger partial charge in [0.1, 0.15) is 11.9 Å². The van der Waals surface area contributed by atoms with E-state index < -0.39 is 0 Å². The van der Waals surface area contributed by atoms with Gasteiger partial charge in [-0.2, -0.15) is 0 Å². The number of carbonyl (C=O) groups is 2. The third-order valence-electron chi connectivity index (χ3n) is 5.44. The summed E-state index contributed by atoms with van der Waals surface area (Å²) in [6.45, 7) is 7.81. The highest BCUT2D eigenvalue weighted by atomic mass is 16.6. The van der Waals surface area contributed by atoms with Crippen molar-refractivity contribution in [1.29, 1.82) is 0 Å². The molecule has 0 spiro atoms. The molecule has 3 heteroatoms. The van der Waals surface area contributed by atoms with Crippen LogP contribution in [0.25, 0.3) is 0 Å². The summed E-state index contributed by atoms with van der Waals surface area (Å²) in [5, 5.41) is 0. The van der Waals surface area contributed by atoms with E-state index in [1.54, 1.807) is 6.92 Å². The summed E-state index contributed by atoms with van der Waals surface area (Å²) in [6, 6.07) is 0. The molecule has 0 bridgehead atoms. The number of ketones is 1. The summed E-state index contributed by atoms with van der Waals surface area (Å²) in [4.78, 5) is 22.6. The SMILES string of the molecule is C=C1C(=O)O[C@H]2C[C@@]3(C)[C@H](CCC(C)=O)[C@H]3C[C@@H]12. The first-order chi connectivity index (χ1) is 8.43. The van der Waals surface area contributed by atoms with Crippen LogP contribution in [-0.4, -0.2) is 17.9 Å². The zero-order valence-electron chi connectivity index (χ0n) is 11.1. The number of esters is 1. The van der Waals surface area contributed by atoms with Crippen LogP contribution in [0, 0.1) is 23.2 Å². The van der Waals surface area contributed by atoms with Crippen LogP contribution in [0.15, 0.2) is 12.2 Å². The molecule has 1 saturated heterocycles. The van der Waals surface area contributed by atoms with Gasteiger partial charge in [-0.3, -0.25) is 0 Å². The van der Waals surface area contributed by atoms with E-state index in [9.17, 15) is 9.59 Å². The molecule has 3 rings (SSSR count). The standard InChI is InChI=1S/C15H20O3/c1-8(16)4-5-11-12-6-10-9(2)14(17)18-13(10)7-15(11,12)3/h10-13H,2,4-7H2,1,3H3/t10-,11+,12+,13-,15-/m0/s1. The first-order valence-corrected chi connectivity index (χ1v) is 6.82. The summed E-state index contributed by atoms with van der Waals surface area (Å²) in [5.74, 6) is 1.61. The molecule has 0 aromatic carbocycles. The third-order valence-corrected chi connectivity index (χ3v) is 5.44. The smallest absolute Gasteiger partial charge is 0.334 e. The van der Waals surface area contributed by atoms with Gasteiger partial charge in [0.15, 0.2) is 0 Å². The molecule has 3 fully saturated rings. The Balaban J connectivity index is 1.69. The fraction of sp³-hybridized carbons (Fsp3) is 0.733. The number of fused-ring (bicyclic) bond motifs is 2. The lowest BCUT2D eigenvalue weighted by molar-refractivity contribution is -0.140. The lowest BCUT2D eigenvalue weighted by Crippen LogP contribution is -2.26. The van der Waals surface area contributed by atoms with Crippen molar-refractivity contribution in [3.63, 3.8) is 0 Å². The van der Waals surface area contributed by atoms with Crippen LogP contribution >= 0.6 is 0 Å². The van der Waals surface area contributed by atoms with E-state index in [0.29, 0.717) is 29.2 Å². The molecule has 1 heterocycles. The highest BCUT2D eigenvalue weighted by Crippen LogP contribution is 2.70. The average molecular weight is 248 g/mol. The largest absolute Gasteiger partial charge is 0.458 e. The van der Waals surface area contributed by atoms with Crippen molar-refractivity contribution >= 4 is 11.8 Å². The molecule has 98 valence electrons. The maximum absolute atomic E-state index is 11.5. The van der Waals surface area contributed by atoms with Crippen molar-refractivity contribution in [2.75, 3.05) is 0 Å². The minimum absolute atomic E-state index is 0.0496. The van der Waals surface area contributed by atoms with E-state index in [-0.39, 0.29) is 23.8 Å². The highest BCUT2D eigenvalue weighted by molar-refractivity contribution is 5.90. The Morgan fingerprint density at radius 1 is 1.56 bits per heavy atom. The number of ether oxygens (including phenoxy) is 1. The zero-order chi connectivity index (χ0) is 13.1. The Kier molecular flexibility index (Phi) is 2.45. The second-order valence-electron chi connectivity index (χ2n) is 6.47. The van der Waals surface area contributed by atoms with Gasteiger partial charge < -0.3 is 9.53 Å². The van der Waals surface area contributed by atoms with E-state index in [2.05, 4.69) is 13.5 Å². The number of rotatable bonds is 3. The molecular weight excluding hydrogens is 228 g/mol. The fourth-order valence-electron chi connectivity index (χ4n) is 4.25. The van der Waals surface area contributed by atoms with Crippen LogP contribution in [0.4, 0.5) is 0 Å². The average Bonchev–Trinajstić information content (AvgIpc) is 2.77. The molecule has 3 aliphatic rings. The maximum Gasteiger partial charge on any atom is 0.334 e. The molecule has 0 amide bonds. The van der Waals surface area contributed by atoms with Crippen molar-refractivity contribution in [3.05, 3.63) is 12.2 Å². The van der Waals surface area contributed by atoms with Gasteiger partial charge in [0.25, 0.3) is 0 Å². The highest BCUT2D eigenvalue weighted by Gasteiger charge is 2.66. The maximum atomic E-state index is 11.5. The second-order valence-corrected chi connectivity index (χ2v) is 6.47. The van der Waals surface area contributed by atoms with Gasteiger partial charge in [0.05, 0.1) is 0 Å². The molecule has 0 radical (unpaired) electrons. The Morgan fingerprint density at radius 2 is 2.28 bits per heavy atom. The molecule has 3 nitrogen and oxygen atoms in total. The molecule has 0 aromatic rings. The molecule has 0 unspecified atom stereocenters. The Morgan fingerprint density at radius 3 is 2.94 bits per heavy atom. The summed E-state index contributed by atoms with van der Waals surface area (Å²) < 4.78 is 5.41. The predicted octanol–water partition coefficient (Wildman–Crippen LogP) is 2.50. The summed E-state index contributed by atoms with van der Waals surface area (Å²) in [5.41, 5.74) is 0.959. The minimum atomic E-state index is -0.199. The van der Waals surface area contributed by atoms with Crippen molar-refractivity contribution in [1.82, 2.24) is 0 Å². The van der Waals surface area contributed by atoms with Crippen molar-refractivity contribution < 1.29 is 14.3 Å². The van der Waals surface area contributed by atoms with Gasteiger partial charge in [-0.15, -0.1) is 0 Å². The van der Waals surface area contributed by atoms with Gasteiger partial charge >= 0.3 is 5.97 Å². The van der Waals surface area contributed by atoms with Crippen LogP contribution in [0.5, 0.6) is 0 Å². The number of hydrogen-bond donors (Lipinski definition) is 0. The second kappa shape index (κ2) is 3.69. The molecule has 2 aliphatic carbocycles. The van der Waals surface area contributed by atoms with Gasteiger partial charge in [-0.1, -0.05) is 13.5 Å². The summed E-state index contributed by atoms with van der Waals surface area (Å²) >= 11 is 0. The topological polar surface area (TPSA) is 43.4 Å². The zero-order valence-corrected chi connectivity index (χ0v) is 11.1. The number of Topliss-reactive ketones (excluding diaryl/α,β-unsaturated/α-hetero) is 1. The van der Waals surface area contributed by atoms with E-state index in [1.165, 1.54) is 0 Å². The number of carbonyl (C=O) groups excluding carboxylic acids is 2. The molecular formula is C15H20O3. The third kappa shape index (κ3) is 1.56. The Hall–Kier alpha value is -1.12. The summed E-state index contributed by atoms with van der Waals surface area (Å²) in [7, 11) is 0. The molecule has 18 heavy (non-hydrogen) atoms. The van der Waals surface area contributed by atoms with Gasteiger partial charge in [0, 0.05) is 17.9 Å². The quantitative estimate of drug-likeness (QED) is 0.569. The lowest BCUT2D eigenvalue weighted by atomic mass is 9.79. The van der Waals surface area contributed by atoms with Crippen LogP contribution < -0.4 is 0 Å². The fourth-order valence-corrected chi connectivity index (χ4v) is 4.25. The van der Waals surface area contributed by atoms with E-state index in [1.807, 2.05) is 0 Å². The van der Waals surface area contributed by atoms with Gasteiger partial charge in [-0.05, 0) is 43.4 Å². The van der Waals surface area contributed by atoms with E-state index >= 15 is 0 Å². The minimum Gasteiger partial charge on any atom is -0.458 e. The number of hydrogen-bond acceptors (Lipinski definition) is 3. The van der Waals surface area contributed by atoms with E-state index in [0.717, 1.165) is 19.3 Å². The van der Waals surface area contributed by atoms with Crippen molar-refractivity contribution in [2.45, 2.75) is 45.6 Å². The monoisotopic (exact) mass is 248 g/mol. The van der Waals surface area contributed by atoms with Crippen LogP contribution in [0.3, 0.4) is 0 Å². The first kappa shape index (κ1) is 11.9. The predicted molar refractivity (Wildman–Crippen MR) is 66.7 cm³/mol. The molecule has 2 saturated carbocycles. The van der Waals surface area contributed by atoms with Crippen LogP contribution in [0.2, 0.25) is 0 Å². The van der Waals surface area contributed by atoms with Crippen molar-refractivity contribution in [2.24, 2.45) is 23.2 Å². The van der Waals surface area contributed by atoms with Gasteiger partial charge in [-0.25, -0.2) is 4.79 Å². The van der Waals surface area contributed by atoms with Gasteiger partial charge in [0.2, 0.25) is 0 Å². The normalized spacial score (nSPS) is 45.2.